The van der Waals surface area contributed by atoms with Crippen LogP contribution in [0.15, 0.2) is 42.5 Å². The molecule has 1 amide bonds. The molecule has 2 aromatic rings. The first-order chi connectivity index (χ1) is 11.1. The summed E-state index contributed by atoms with van der Waals surface area (Å²) in [6, 6.07) is 15.2. The number of amides is 1. The highest BCUT2D eigenvalue weighted by atomic mass is 16.2. The largest absolute Gasteiger partial charge is 0.341 e. The third-order valence-corrected chi connectivity index (χ3v) is 5.10. The van der Waals surface area contributed by atoms with Crippen LogP contribution in [-0.4, -0.2) is 24.4 Å². The van der Waals surface area contributed by atoms with Crippen molar-refractivity contribution in [2.75, 3.05) is 13.6 Å². The lowest BCUT2D eigenvalue weighted by atomic mass is 9.91. The summed E-state index contributed by atoms with van der Waals surface area (Å²) in [6.07, 6.45) is 3.31. The molecule has 0 aromatic heterocycles. The maximum absolute atomic E-state index is 12.2. The van der Waals surface area contributed by atoms with E-state index >= 15 is 0 Å². The van der Waals surface area contributed by atoms with Gasteiger partial charge in [-0.3, -0.25) is 4.79 Å². The van der Waals surface area contributed by atoms with Crippen LogP contribution in [-0.2, 0) is 6.42 Å². The molecular formula is C21H25NO. The second-order valence-electron chi connectivity index (χ2n) is 6.48. The Kier molecular flexibility index (Phi) is 4.51. The predicted octanol–water partition coefficient (Wildman–Crippen LogP) is 4.89. The highest BCUT2D eigenvalue weighted by molar-refractivity contribution is 5.97. The van der Waals surface area contributed by atoms with Gasteiger partial charge in [0, 0.05) is 19.2 Å². The summed E-state index contributed by atoms with van der Waals surface area (Å²) in [7, 11) is 1.87. The Hall–Kier alpha value is -2.09. The third kappa shape index (κ3) is 3.03. The van der Waals surface area contributed by atoms with Crippen molar-refractivity contribution in [1.82, 2.24) is 4.90 Å². The van der Waals surface area contributed by atoms with Crippen molar-refractivity contribution >= 4 is 5.91 Å². The minimum absolute atomic E-state index is 0.141. The summed E-state index contributed by atoms with van der Waals surface area (Å²) in [5, 5.41) is 0. The molecule has 0 radical (unpaired) electrons. The Bertz CT molecular complexity index is 698. The van der Waals surface area contributed by atoms with Crippen LogP contribution in [0, 0.1) is 0 Å². The van der Waals surface area contributed by atoms with Gasteiger partial charge in [-0.05, 0) is 53.5 Å². The molecule has 0 atom stereocenters. The van der Waals surface area contributed by atoms with Crippen LogP contribution in [0.5, 0.6) is 0 Å². The molecule has 1 aliphatic rings. The molecule has 1 aliphatic heterocycles. The van der Waals surface area contributed by atoms with E-state index < -0.39 is 0 Å². The van der Waals surface area contributed by atoms with Crippen LogP contribution in [0.2, 0.25) is 0 Å². The molecule has 2 nitrogen and oxygen atoms in total. The Morgan fingerprint density at radius 1 is 1.00 bits per heavy atom. The van der Waals surface area contributed by atoms with Gasteiger partial charge < -0.3 is 4.90 Å². The van der Waals surface area contributed by atoms with Crippen LogP contribution < -0.4 is 0 Å². The van der Waals surface area contributed by atoms with Gasteiger partial charge in [-0.2, -0.15) is 0 Å². The van der Waals surface area contributed by atoms with Crippen molar-refractivity contribution in [3.05, 3.63) is 59.2 Å². The molecule has 0 aliphatic carbocycles. The first-order valence-corrected chi connectivity index (χ1v) is 8.62. The third-order valence-electron chi connectivity index (χ3n) is 5.10. The van der Waals surface area contributed by atoms with Gasteiger partial charge in [0.15, 0.2) is 0 Å². The molecule has 0 fully saturated rings. The minimum Gasteiger partial charge on any atom is -0.341 e. The van der Waals surface area contributed by atoms with E-state index in [0.717, 1.165) is 18.5 Å². The van der Waals surface area contributed by atoms with Crippen LogP contribution in [0.1, 0.15) is 54.1 Å². The fraction of sp³-hybridized carbons (Fsp3) is 0.381. The molecular weight excluding hydrogens is 282 g/mol. The predicted molar refractivity (Wildman–Crippen MR) is 95.9 cm³/mol. The average Bonchev–Trinajstić information content (AvgIpc) is 2.60. The summed E-state index contributed by atoms with van der Waals surface area (Å²) < 4.78 is 0. The van der Waals surface area contributed by atoms with E-state index in [1.54, 1.807) is 4.90 Å². The second kappa shape index (κ2) is 6.57. The lowest BCUT2D eigenvalue weighted by Gasteiger charge is -2.25. The SMILES string of the molecule is CCC(CC)c1ccc(-c2ccc3c(c2)CCN(C)C3=O)cc1. The summed E-state index contributed by atoms with van der Waals surface area (Å²) in [6.45, 7) is 5.31. The Balaban J connectivity index is 1.89. The Labute approximate surface area is 139 Å². The summed E-state index contributed by atoms with van der Waals surface area (Å²) in [5.74, 6) is 0.794. The Morgan fingerprint density at radius 2 is 1.65 bits per heavy atom. The highest BCUT2D eigenvalue weighted by Crippen LogP contribution is 2.29. The van der Waals surface area contributed by atoms with Crippen LogP contribution >= 0.6 is 0 Å². The molecule has 0 saturated carbocycles. The van der Waals surface area contributed by atoms with Crippen molar-refractivity contribution in [2.24, 2.45) is 0 Å². The first kappa shape index (κ1) is 15.8. The van der Waals surface area contributed by atoms with Gasteiger partial charge in [-0.25, -0.2) is 0 Å². The number of benzene rings is 2. The number of likely N-dealkylation sites (N-methyl/N-ethyl adjacent to an activating group) is 1. The van der Waals surface area contributed by atoms with Gasteiger partial charge in [0.1, 0.15) is 0 Å². The van der Waals surface area contributed by atoms with Crippen LogP contribution in [0.4, 0.5) is 0 Å². The van der Waals surface area contributed by atoms with Gasteiger partial charge in [-0.15, -0.1) is 0 Å². The van der Waals surface area contributed by atoms with Crippen molar-refractivity contribution in [3.8, 4) is 11.1 Å². The zero-order valence-corrected chi connectivity index (χ0v) is 14.3. The molecule has 23 heavy (non-hydrogen) atoms. The fourth-order valence-electron chi connectivity index (χ4n) is 3.49. The van der Waals surface area contributed by atoms with E-state index in [0.29, 0.717) is 5.92 Å². The van der Waals surface area contributed by atoms with Crippen LogP contribution in [0.25, 0.3) is 11.1 Å². The maximum Gasteiger partial charge on any atom is 0.253 e. The number of fused-ring (bicyclic) bond motifs is 1. The van der Waals surface area contributed by atoms with Crippen molar-refractivity contribution in [2.45, 2.75) is 39.0 Å². The summed E-state index contributed by atoms with van der Waals surface area (Å²) in [4.78, 5) is 14.0. The van der Waals surface area contributed by atoms with Gasteiger partial charge in [0.25, 0.3) is 5.91 Å². The van der Waals surface area contributed by atoms with E-state index in [4.69, 9.17) is 0 Å². The summed E-state index contributed by atoms with van der Waals surface area (Å²) >= 11 is 0. The molecule has 0 spiro atoms. The fourth-order valence-corrected chi connectivity index (χ4v) is 3.49. The Morgan fingerprint density at radius 3 is 2.30 bits per heavy atom. The molecule has 0 saturated heterocycles. The quantitative estimate of drug-likeness (QED) is 0.788. The van der Waals surface area contributed by atoms with Crippen molar-refractivity contribution < 1.29 is 4.79 Å². The topological polar surface area (TPSA) is 20.3 Å². The average molecular weight is 307 g/mol. The van der Waals surface area contributed by atoms with E-state index in [1.165, 1.54) is 35.1 Å². The van der Waals surface area contributed by atoms with E-state index in [-0.39, 0.29) is 5.91 Å². The normalized spacial score (nSPS) is 14.3. The molecule has 0 bridgehead atoms. The second-order valence-corrected chi connectivity index (χ2v) is 6.48. The molecule has 2 aromatic carbocycles. The lowest BCUT2D eigenvalue weighted by molar-refractivity contribution is 0.0781. The van der Waals surface area contributed by atoms with Gasteiger partial charge in [0.2, 0.25) is 0 Å². The number of nitrogens with zero attached hydrogens (tertiary/aromatic N) is 1. The first-order valence-electron chi connectivity index (χ1n) is 8.62. The molecule has 2 heteroatoms. The number of rotatable bonds is 4. The number of carbonyl (C=O) groups excluding carboxylic acids is 1. The summed E-state index contributed by atoms with van der Waals surface area (Å²) in [5.41, 5.74) is 5.89. The monoisotopic (exact) mass is 307 g/mol. The minimum atomic E-state index is 0.141. The molecule has 120 valence electrons. The van der Waals surface area contributed by atoms with E-state index in [9.17, 15) is 4.79 Å². The number of hydrogen-bond donors (Lipinski definition) is 0. The van der Waals surface area contributed by atoms with Crippen molar-refractivity contribution in [1.29, 1.82) is 0 Å². The van der Waals surface area contributed by atoms with Gasteiger partial charge >= 0.3 is 0 Å². The standard InChI is InChI=1S/C21H25NO/c1-4-15(5-2)16-6-8-17(9-7-16)18-10-11-20-19(14-18)12-13-22(3)21(20)23/h6-11,14-15H,4-5,12-13H2,1-3H3. The molecule has 3 rings (SSSR count). The van der Waals surface area contributed by atoms with E-state index in [2.05, 4.69) is 50.2 Å². The molecule has 0 N–H and O–H groups in total. The van der Waals surface area contributed by atoms with Crippen LogP contribution in [0.3, 0.4) is 0 Å². The van der Waals surface area contributed by atoms with Gasteiger partial charge in [0.05, 0.1) is 0 Å². The molecule has 0 unspecified atom stereocenters. The van der Waals surface area contributed by atoms with E-state index in [1.807, 2.05) is 13.1 Å². The maximum atomic E-state index is 12.2. The molecule has 1 heterocycles. The smallest absolute Gasteiger partial charge is 0.253 e. The lowest BCUT2D eigenvalue weighted by Crippen LogP contribution is -2.34. The van der Waals surface area contributed by atoms with Crippen molar-refractivity contribution in [3.63, 3.8) is 0 Å². The zero-order valence-electron chi connectivity index (χ0n) is 14.3. The zero-order chi connectivity index (χ0) is 16.4. The highest BCUT2D eigenvalue weighted by Gasteiger charge is 2.21. The van der Waals surface area contributed by atoms with Gasteiger partial charge in [-0.1, -0.05) is 50.2 Å². The number of carbonyl (C=O) groups is 1. The number of hydrogen-bond acceptors (Lipinski definition) is 1.